The van der Waals surface area contributed by atoms with Crippen LogP contribution in [0.3, 0.4) is 0 Å². The molecule has 0 fully saturated rings. The third kappa shape index (κ3) is 3.97. The van der Waals surface area contributed by atoms with Crippen molar-refractivity contribution in [1.29, 1.82) is 0 Å². The molecule has 2 unspecified atom stereocenters. The Kier molecular flexibility index (Phi) is 5.20. The molecule has 0 aliphatic heterocycles. The molecule has 0 bridgehead atoms. The zero-order valence-corrected chi connectivity index (χ0v) is 12.2. The van der Waals surface area contributed by atoms with Gasteiger partial charge in [-0.3, -0.25) is 0 Å². The summed E-state index contributed by atoms with van der Waals surface area (Å²) >= 11 is 0. The summed E-state index contributed by atoms with van der Waals surface area (Å²) in [5.74, 6) is 1.13. The van der Waals surface area contributed by atoms with E-state index in [0.29, 0.717) is 23.7 Å². The molecule has 0 radical (unpaired) electrons. The maximum absolute atomic E-state index is 9.87. The molecule has 0 amide bonds. The van der Waals surface area contributed by atoms with Gasteiger partial charge in [0.15, 0.2) is 11.5 Å². The first-order valence-corrected chi connectivity index (χ1v) is 6.82. The first-order chi connectivity index (χ1) is 10.1. The summed E-state index contributed by atoms with van der Waals surface area (Å²) in [5, 5.41) is 19.3. The first kappa shape index (κ1) is 15.4. The molecule has 2 N–H and O–H groups in total. The number of methoxy groups -OCH3 is 1. The molecule has 0 saturated heterocycles. The van der Waals surface area contributed by atoms with Gasteiger partial charge in [0.25, 0.3) is 0 Å². The van der Waals surface area contributed by atoms with Crippen molar-refractivity contribution in [2.75, 3.05) is 7.11 Å². The van der Waals surface area contributed by atoms with E-state index in [9.17, 15) is 10.2 Å². The number of rotatable bonds is 6. The Balaban J connectivity index is 2.13. The van der Waals surface area contributed by atoms with Crippen molar-refractivity contribution in [2.24, 2.45) is 0 Å². The van der Waals surface area contributed by atoms with Crippen molar-refractivity contribution in [3.05, 3.63) is 59.7 Å². The van der Waals surface area contributed by atoms with Crippen molar-refractivity contribution >= 4 is 0 Å². The normalized spacial score (nSPS) is 13.5. The molecule has 2 atom stereocenters. The van der Waals surface area contributed by atoms with Crippen LogP contribution >= 0.6 is 0 Å². The Hall–Kier alpha value is -2.04. The number of hydrogen-bond acceptors (Lipinski definition) is 4. The Morgan fingerprint density at radius 3 is 2.33 bits per heavy atom. The number of benzene rings is 2. The Morgan fingerprint density at radius 1 is 1.00 bits per heavy atom. The zero-order chi connectivity index (χ0) is 15.2. The zero-order valence-electron chi connectivity index (χ0n) is 12.2. The molecule has 2 aromatic rings. The van der Waals surface area contributed by atoms with Gasteiger partial charge in [-0.2, -0.15) is 0 Å². The highest BCUT2D eigenvalue weighted by molar-refractivity contribution is 5.43. The van der Waals surface area contributed by atoms with Crippen LogP contribution in [0.5, 0.6) is 11.5 Å². The lowest BCUT2D eigenvalue weighted by molar-refractivity contribution is 0.0304. The molecule has 4 heteroatoms. The molecule has 0 aromatic heterocycles. The minimum Gasteiger partial charge on any atom is -0.493 e. The van der Waals surface area contributed by atoms with Crippen LogP contribution in [0, 0.1) is 0 Å². The van der Waals surface area contributed by atoms with Gasteiger partial charge < -0.3 is 19.7 Å². The molecule has 2 aromatic carbocycles. The maximum atomic E-state index is 9.87. The Bertz CT molecular complexity index is 566. The lowest BCUT2D eigenvalue weighted by Gasteiger charge is -2.17. The number of hydrogen-bond donors (Lipinski definition) is 2. The summed E-state index contributed by atoms with van der Waals surface area (Å²) in [6.45, 7) is 1.98. The largest absolute Gasteiger partial charge is 0.493 e. The molecule has 0 saturated carbocycles. The minimum absolute atomic E-state index is 0.440. The number of aliphatic hydroxyl groups is 2. The molecular weight excluding hydrogens is 268 g/mol. The average Bonchev–Trinajstić information content (AvgIpc) is 2.53. The Labute approximate surface area is 124 Å². The van der Waals surface area contributed by atoms with Crippen LogP contribution in [0.25, 0.3) is 0 Å². The van der Waals surface area contributed by atoms with E-state index in [1.807, 2.05) is 30.3 Å². The highest BCUT2D eigenvalue weighted by atomic mass is 16.5. The van der Waals surface area contributed by atoms with Gasteiger partial charge in [0.1, 0.15) is 12.7 Å². The van der Waals surface area contributed by atoms with Crippen LogP contribution in [0.15, 0.2) is 48.5 Å². The fourth-order valence-electron chi connectivity index (χ4n) is 2.00. The molecular formula is C17H20O4. The maximum Gasteiger partial charge on any atom is 0.161 e. The van der Waals surface area contributed by atoms with Crippen molar-refractivity contribution in [1.82, 2.24) is 0 Å². The molecule has 21 heavy (non-hydrogen) atoms. The molecule has 0 heterocycles. The van der Waals surface area contributed by atoms with Crippen molar-refractivity contribution in [3.63, 3.8) is 0 Å². The molecule has 0 aliphatic rings. The second kappa shape index (κ2) is 7.11. The predicted molar refractivity (Wildman–Crippen MR) is 80.4 cm³/mol. The van der Waals surface area contributed by atoms with Crippen LogP contribution in [0.4, 0.5) is 0 Å². The lowest BCUT2D eigenvalue weighted by Crippen LogP contribution is -2.13. The van der Waals surface area contributed by atoms with Gasteiger partial charge in [0.05, 0.1) is 13.2 Å². The van der Waals surface area contributed by atoms with E-state index in [-0.39, 0.29) is 0 Å². The molecule has 4 nitrogen and oxygen atoms in total. The predicted octanol–water partition coefficient (Wildman–Crippen LogP) is 2.69. The third-order valence-corrected chi connectivity index (χ3v) is 3.22. The highest BCUT2D eigenvalue weighted by Gasteiger charge is 2.16. The standard InChI is InChI=1S/C17H20O4/c1-12(18)17(19)14-8-9-15(16(10-14)20-2)21-11-13-6-4-3-5-7-13/h3-10,12,17-19H,11H2,1-2H3. The van der Waals surface area contributed by atoms with Crippen molar-refractivity contribution < 1.29 is 19.7 Å². The van der Waals surface area contributed by atoms with Crippen LogP contribution in [-0.2, 0) is 6.61 Å². The molecule has 0 aliphatic carbocycles. The van der Waals surface area contributed by atoms with E-state index in [1.54, 1.807) is 25.3 Å². The summed E-state index contributed by atoms with van der Waals surface area (Å²) in [7, 11) is 1.54. The van der Waals surface area contributed by atoms with Crippen LogP contribution in [0.1, 0.15) is 24.2 Å². The van der Waals surface area contributed by atoms with Gasteiger partial charge in [0, 0.05) is 0 Å². The smallest absolute Gasteiger partial charge is 0.161 e. The molecule has 0 spiro atoms. The SMILES string of the molecule is COc1cc(C(O)C(C)O)ccc1OCc1ccccc1. The Morgan fingerprint density at radius 2 is 1.71 bits per heavy atom. The summed E-state index contributed by atoms with van der Waals surface area (Å²) in [4.78, 5) is 0. The summed E-state index contributed by atoms with van der Waals surface area (Å²) < 4.78 is 11.0. The molecule has 2 rings (SSSR count). The number of aliphatic hydroxyl groups excluding tert-OH is 2. The third-order valence-electron chi connectivity index (χ3n) is 3.22. The summed E-state index contributed by atoms with van der Waals surface area (Å²) in [6.07, 6.45) is -1.78. The van der Waals surface area contributed by atoms with E-state index in [4.69, 9.17) is 9.47 Å². The van der Waals surface area contributed by atoms with E-state index < -0.39 is 12.2 Å². The van der Waals surface area contributed by atoms with E-state index >= 15 is 0 Å². The van der Waals surface area contributed by atoms with E-state index in [2.05, 4.69) is 0 Å². The van der Waals surface area contributed by atoms with Crippen LogP contribution in [-0.4, -0.2) is 23.4 Å². The average molecular weight is 288 g/mol. The van der Waals surface area contributed by atoms with Gasteiger partial charge >= 0.3 is 0 Å². The van der Waals surface area contributed by atoms with Crippen LogP contribution < -0.4 is 9.47 Å². The summed E-state index contributed by atoms with van der Waals surface area (Å²) in [5.41, 5.74) is 1.65. The lowest BCUT2D eigenvalue weighted by atomic mass is 10.0. The van der Waals surface area contributed by atoms with E-state index in [0.717, 1.165) is 5.56 Å². The van der Waals surface area contributed by atoms with Gasteiger partial charge in [-0.25, -0.2) is 0 Å². The second-order valence-corrected chi connectivity index (χ2v) is 4.87. The van der Waals surface area contributed by atoms with E-state index in [1.165, 1.54) is 6.92 Å². The van der Waals surface area contributed by atoms with Crippen molar-refractivity contribution in [2.45, 2.75) is 25.7 Å². The van der Waals surface area contributed by atoms with Gasteiger partial charge in [-0.15, -0.1) is 0 Å². The molecule has 112 valence electrons. The minimum atomic E-state index is -0.943. The van der Waals surface area contributed by atoms with Gasteiger partial charge in [-0.1, -0.05) is 36.4 Å². The quantitative estimate of drug-likeness (QED) is 0.858. The second-order valence-electron chi connectivity index (χ2n) is 4.87. The highest BCUT2D eigenvalue weighted by Crippen LogP contribution is 2.31. The summed E-state index contributed by atoms with van der Waals surface area (Å²) in [6, 6.07) is 15.0. The topological polar surface area (TPSA) is 58.9 Å². The van der Waals surface area contributed by atoms with Crippen LogP contribution in [0.2, 0.25) is 0 Å². The first-order valence-electron chi connectivity index (χ1n) is 6.82. The van der Waals surface area contributed by atoms with Gasteiger partial charge in [0.2, 0.25) is 0 Å². The fourth-order valence-corrected chi connectivity index (χ4v) is 2.00. The van der Waals surface area contributed by atoms with Crippen molar-refractivity contribution in [3.8, 4) is 11.5 Å². The monoisotopic (exact) mass is 288 g/mol. The van der Waals surface area contributed by atoms with Gasteiger partial charge in [-0.05, 0) is 30.2 Å². The fraction of sp³-hybridized carbons (Fsp3) is 0.294. The number of ether oxygens (including phenoxy) is 2.